The van der Waals surface area contributed by atoms with Crippen molar-refractivity contribution < 1.29 is 5.11 Å². The number of hydrogen-bond donors (Lipinski definition) is 1. The van der Waals surface area contributed by atoms with E-state index in [2.05, 4.69) is 45.9 Å². The van der Waals surface area contributed by atoms with Crippen molar-refractivity contribution in [2.75, 3.05) is 6.61 Å². The van der Waals surface area contributed by atoms with Crippen molar-refractivity contribution in [3.8, 4) is 0 Å². The Morgan fingerprint density at radius 1 is 1.11 bits per heavy atom. The Morgan fingerprint density at radius 2 is 1.93 bits per heavy atom. The summed E-state index contributed by atoms with van der Waals surface area (Å²) in [5.74, 6) is 4.77. The van der Waals surface area contributed by atoms with Crippen molar-refractivity contribution in [2.24, 2.45) is 46.3 Å². The third kappa shape index (κ3) is 3.34. The molecule has 4 aliphatic rings. The molecule has 0 heterocycles. The Balaban J connectivity index is 1.50. The Labute approximate surface area is 174 Å². The van der Waals surface area contributed by atoms with Crippen LogP contribution in [-0.4, -0.2) is 11.7 Å². The molecule has 0 saturated heterocycles. The molecule has 1 heteroatoms. The minimum Gasteiger partial charge on any atom is -0.396 e. The molecule has 1 nitrogen and oxygen atoms in total. The summed E-state index contributed by atoms with van der Waals surface area (Å²) in [6.07, 6.45) is 21.5. The molecule has 1 N–H and O–H groups in total. The normalized spacial score (nSPS) is 45.1. The topological polar surface area (TPSA) is 20.2 Å². The fraction of sp³-hybridized carbons (Fsp3) is 0.852. The monoisotopic (exact) mass is 384 g/mol. The Kier molecular flexibility index (Phi) is 5.87. The molecule has 4 aliphatic carbocycles. The second kappa shape index (κ2) is 7.93. The van der Waals surface area contributed by atoms with E-state index in [1.165, 1.54) is 57.8 Å². The maximum Gasteiger partial charge on any atom is 0.0459 e. The molecule has 0 spiro atoms. The van der Waals surface area contributed by atoms with Crippen LogP contribution in [0.25, 0.3) is 0 Å². The van der Waals surface area contributed by atoms with Crippen LogP contribution in [0, 0.1) is 46.3 Å². The third-order valence-corrected chi connectivity index (χ3v) is 10.0. The summed E-state index contributed by atoms with van der Waals surface area (Å²) in [5.41, 5.74) is 2.92. The predicted octanol–water partition coefficient (Wildman–Crippen LogP) is 7.17. The van der Waals surface area contributed by atoms with Crippen molar-refractivity contribution in [2.45, 2.75) is 91.9 Å². The Hall–Kier alpha value is -0.560. The minimum atomic E-state index is 0.305. The molecule has 28 heavy (non-hydrogen) atoms. The first-order chi connectivity index (χ1) is 13.4. The highest BCUT2D eigenvalue weighted by Gasteiger charge is 2.58. The van der Waals surface area contributed by atoms with E-state index in [9.17, 15) is 5.11 Å². The lowest BCUT2D eigenvalue weighted by Crippen LogP contribution is -2.49. The Morgan fingerprint density at radius 3 is 2.71 bits per heavy atom. The van der Waals surface area contributed by atoms with E-state index in [0.29, 0.717) is 29.3 Å². The number of allylic oxidation sites excluding steroid dienone is 4. The van der Waals surface area contributed by atoms with Gasteiger partial charge in [-0.15, -0.1) is 0 Å². The predicted molar refractivity (Wildman–Crippen MR) is 119 cm³/mol. The van der Waals surface area contributed by atoms with E-state index in [4.69, 9.17) is 0 Å². The van der Waals surface area contributed by atoms with Gasteiger partial charge >= 0.3 is 0 Å². The van der Waals surface area contributed by atoms with E-state index in [-0.39, 0.29) is 0 Å². The molecule has 3 fully saturated rings. The number of hydrogen-bond acceptors (Lipinski definition) is 1. The van der Waals surface area contributed by atoms with Crippen molar-refractivity contribution in [1.29, 1.82) is 0 Å². The molecule has 0 aromatic heterocycles. The van der Waals surface area contributed by atoms with Gasteiger partial charge in [-0.1, -0.05) is 57.9 Å². The highest BCUT2D eigenvalue weighted by atomic mass is 16.3. The molecule has 0 aromatic carbocycles. The molecule has 0 aliphatic heterocycles. The van der Waals surface area contributed by atoms with Crippen molar-refractivity contribution in [1.82, 2.24) is 0 Å². The maximum atomic E-state index is 9.28. The molecule has 0 bridgehead atoms. The highest BCUT2D eigenvalue weighted by molar-refractivity contribution is 5.24. The lowest BCUT2D eigenvalue weighted by atomic mass is 9.47. The van der Waals surface area contributed by atoms with E-state index >= 15 is 0 Å². The number of fused-ring (bicyclic) bond motifs is 5. The zero-order chi connectivity index (χ0) is 19.9. The van der Waals surface area contributed by atoms with Crippen LogP contribution in [0.15, 0.2) is 23.8 Å². The summed E-state index contributed by atoms with van der Waals surface area (Å²) in [5, 5.41) is 9.28. The van der Waals surface area contributed by atoms with Crippen LogP contribution < -0.4 is 0 Å². The minimum absolute atomic E-state index is 0.305. The largest absolute Gasteiger partial charge is 0.396 e. The standard InChI is InChI=1S/C27H44O/c1-19(18-28)8-7-9-20(2)23-13-14-24-22-12-11-21-10-5-6-16-26(21,3)25(22)15-17-27(23,24)4/h7,9,11,19-20,22-25,28H,5-6,8,10,12-18H2,1-4H3/b9-7-/t19?,20-,22+,23-,24+,25+,26+,27-/m1/s1. The van der Waals surface area contributed by atoms with Crippen molar-refractivity contribution in [3.63, 3.8) is 0 Å². The second-order valence-corrected chi connectivity index (χ2v) is 11.5. The van der Waals surface area contributed by atoms with Crippen LogP contribution in [0.2, 0.25) is 0 Å². The van der Waals surface area contributed by atoms with Gasteiger partial charge in [0.15, 0.2) is 0 Å². The first-order valence-electron chi connectivity index (χ1n) is 12.4. The average molecular weight is 385 g/mol. The van der Waals surface area contributed by atoms with Gasteiger partial charge in [-0.05, 0) is 104 Å². The summed E-state index contributed by atoms with van der Waals surface area (Å²) < 4.78 is 0. The number of aliphatic hydroxyl groups is 1. The summed E-state index contributed by atoms with van der Waals surface area (Å²) >= 11 is 0. The van der Waals surface area contributed by atoms with Gasteiger partial charge in [0, 0.05) is 6.61 Å². The molecule has 0 aromatic rings. The van der Waals surface area contributed by atoms with Crippen molar-refractivity contribution >= 4 is 0 Å². The van der Waals surface area contributed by atoms with E-state index in [1.807, 2.05) is 5.57 Å². The first-order valence-corrected chi connectivity index (χ1v) is 12.4. The van der Waals surface area contributed by atoms with E-state index in [0.717, 1.165) is 30.1 Å². The van der Waals surface area contributed by atoms with Crippen LogP contribution in [0.1, 0.15) is 91.9 Å². The molecule has 1 unspecified atom stereocenters. The molecular weight excluding hydrogens is 340 g/mol. The van der Waals surface area contributed by atoms with Gasteiger partial charge in [0.2, 0.25) is 0 Å². The fourth-order valence-corrected chi connectivity index (χ4v) is 8.34. The van der Waals surface area contributed by atoms with E-state index in [1.54, 1.807) is 0 Å². The average Bonchev–Trinajstić information content (AvgIpc) is 3.04. The fourth-order valence-electron chi connectivity index (χ4n) is 8.34. The zero-order valence-corrected chi connectivity index (χ0v) is 18.9. The van der Waals surface area contributed by atoms with Gasteiger partial charge in [-0.3, -0.25) is 0 Å². The van der Waals surface area contributed by atoms with Crippen LogP contribution in [-0.2, 0) is 0 Å². The SMILES string of the molecule is CC(CO)C/C=C\[C@@H](C)[C@H]1CC[C@H]2[C@@H]3CC=C4CCCC[C@]4(C)[C@H]3CC[C@]12C. The molecule has 158 valence electrons. The third-order valence-electron chi connectivity index (χ3n) is 10.0. The van der Waals surface area contributed by atoms with Crippen LogP contribution in [0.4, 0.5) is 0 Å². The summed E-state index contributed by atoms with van der Waals surface area (Å²) in [4.78, 5) is 0. The molecule has 0 amide bonds. The number of rotatable bonds is 5. The van der Waals surface area contributed by atoms with Gasteiger partial charge in [0.05, 0.1) is 0 Å². The summed E-state index contributed by atoms with van der Waals surface area (Å²) in [7, 11) is 0. The van der Waals surface area contributed by atoms with Gasteiger partial charge in [0.1, 0.15) is 0 Å². The van der Waals surface area contributed by atoms with Crippen LogP contribution in [0.3, 0.4) is 0 Å². The number of aliphatic hydroxyl groups excluding tert-OH is 1. The molecule has 8 atom stereocenters. The lowest BCUT2D eigenvalue weighted by Gasteiger charge is -2.58. The van der Waals surface area contributed by atoms with E-state index < -0.39 is 0 Å². The maximum absolute atomic E-state index is 9.28. The lowest BCUT2D eigenvalue weighted by molar-refractivity contribution is -0.0462. The van der Waals surface area contributed by atoms with Gasteiger partial charge < -0.3 is 5.11 Å². The van der Waals surface area contributed by atoms with Gasteiger partial charge in [0.25, 0.3) is 0 Å². The van der Waals surface area contributed by atoms with Crippen LogP contribution in [0.5, 0.6) is 0 Å². The molecular formula is C27H44O. The summed E-state index contributed by atoms with van der Waals surface area (Å²) in [6.45, 7) is 10.2. The van der Waals surface area contributed by atoms with Gasteiger partial charge in [-0.2, -0.15) is 0 Å². The smallest absolute Gasteiger partial charge is 0.0459 e. The molecule has 4 rings (SSSR count). The first kappa shape index (κ1) is 20.7. The quantitative estimate of drug-likeness (QED) is 0.498. The zero-order valence-electron chi connectivity index (χ0n) is 18.9. The Bertz CT molecular complexity index is 618. The molecule has 0 radical (unpaired) electrons. The highest BCUT2D eigenvalue weighted by Crippen LogP contribution is 2.67. The van der Waals surface area contributed by atoms with Crippen LogP contribution >= 0.6 is 0 Å². The summed E-state index contributed by atoms with van der Waals surface area (Å²) in [6, 6.07) is 0. The van der Waals surface area contributed by atoms with Crippen molar-refractivity contribution in [3.05, 3.63) is 23.8 Å². The second-order valence-electron chi connectivity index (χ2n) is 11.5. The molecule has 3 saturated carbocycles. The van der Waals surface area contributed by atoms with Gasteiger partial charge in [-0.25, -0.2) is 0 Å².